The topological polar surface area (TPSA) is 37.4 Å². The molecule has 5 heteroatoms. The Morgan fingerprint density at radius 3 is 2.60 bits per heavy atom. The van der Waals surface area contributed by atoms with Gasteiger partial charge < -0.3 is 15.0 Å². The molecule has 0 radical (unpaired) electrons. The van der Waals surface area contributed by atoms with Gasteiger partial charge in [0.25, 0.3) is 0 Å². The van der Waals surface area contributed by atoms with Gasteiger partial charge in [-0.15, -0.1) is 0 Å². The Labute approximate surface area is 124 Å². The highest BCUT2D eigenvalue weighted by Crippen LogP contribution is 2.31. The van der Waals surface area contributed by atoms with E-state index in [1.165, 1.54) is 10.4 Å². The molecule has 0 aliphatic rings. The zero-order valence-corrected chi connectivity index (χ0v) is 13.3. The van der Waals surface area contributed by atoms with Crippen LogP contribution < -0.4 is 10.2 Å². The number of hydrogen-bond acceptors (Lipinski definition) is 5. The first-order valence-corrected chi connectivity index (χ1v) is 7.40. The number of benzene rings is 1. The Bertz CT molecular complexity index is 527. The van der Waals surface area contributed by atoms with Gasteiger partial charge in [-0.2, -0.15) is 0 Å². The number of hydrogen-bond donors (Lipinski definition) is 1. The molecule has 1 N–H and O–H groups in total. The second-order valence-electron chi connectivity index (χ2n) is 4.72. The van der Waals surface area contributed by atoms with E-state index in [1.807, 2.05) is 14.1 Å². The molecule has 2 rings (SSSR count). The summed E-state index contributed by atoms with van der Waals surface area (Å²) in [4.78, 5) is 8.04. The minimum absolute atomic E-state index is 0.551. The molecule has 0 amide bonds. The number of nitrogens with one attached hydrogen (secondary N) is 1. The van der Waals surface area contributed by atoms with E-state index in [-0.39, 0.29) is 0 Å². The zero-order valence-electron chi connectivity index (χ0n) is 12.4. The highest BCUT2D eigenvalue weighted by Gasteiger charge is 2.14. The van der Waals surface area contributed by atoms with Crippen molar-refractivity contribution in [1.29, 1.82) is 0 Å². The molecule has 0 unspecified atom stereocenters. The number of rotatable bonds is 6. The lowest BCUT2D eigenvalue weighted by atomic mass is 10.2. The van der Waals surface area contributed by atoms with Crippen LogP contribution in [0.5, 0.6) is 0 Å². The maximum absolute atomic E-state index is 5.23. The minimum Gasteiger partial charge on any atom is -0.378 e. The largest absolute Gasteiger partial charge is 0.378 e. The number of anilines is 2. The van der Waals surface area contributed by atoms with Gasteiger partial charge in [-0.1, -0.05) is 29.0 Å². The monoisotopic (exact) mass is 291 g/mol. The Kier molecular flexibility index (Phi) is 5.11. The lowest BCUT2D eigenvalue weighted by Gasteiger charge is -2.15. The highest BCUT2D eigenvalue weighted by atomic mass is 32.1. The lowest BCUT2D eigenvalue weighted by molar-refractivity contribution is 0.181. The number of thiazole rings is 1. The molecule has 0 atom stereocenters. The van der Waals surface area contributed by atoms with Crippen molar-refractivity contribution in [1.82, 2.24) is 10.3 Å². The summed E-state index contributed by atoms with van der Waals surface area (Å²) in [6.45, 7) is 3.46. The van der Waals surface area contributed by atoms with Crippen molar-refractivity contribution < 1.29 is 4.74 Å². The van der Waals surface area contributed by atoms with Gasteiger partial charge in [0.2, 0.25) is 0 Å². The standard InChI is InChI=1S/C15H21N3OS/c1-11-5-7-12(8-6-11)18(3)15-17-13(10-19-4)14(20-15)9-16-2/h5-8,16H,9-10H2,1-4H3. The van der Waals surface area contributed by atoms with Gasteiger partial charge in [0, 0.05) is 31.3 Å². The SMILES string of the molecule is CNCc1sc(N(C)c2ccc(C)cc2)nc1COC. The van der Waals surface area contributed by atoms with Crippen molar-refractivity contribution >= 4 is 22.2 Å². The van der Waals surface area contributed by atoms with Gasteiger partial charge in [0.1, 0.15) is 0 Å². The minimum atomic E-state index is 0.551. The Morgan fingerprint density at radius 1 is 1.30 bits per heavy atom. The van der Waals surface area contributed by atoms with Crippen LogP contribution >= 0.6 is 11.3 Å². The number of aromatic nitrogens is 1. The van der Waals surface area contributed by atoms with Gasteiger partial charge in [0.15, 0.2) is 5.13 Å². The molecule has 20 heavy (non-hydrogen) atoms. The fraction of sp³-hybridized carbons (Fsp3) is 0.400. The normalized spacial score (nSPS) is 10.8. The van der Waals surface area contributed by atoms with E-state index in [1.54, 1.807) is 18.4 Å². The fourth-order valence-electron chi connectivity index (χ4n) is 1.94. The lowest BCUT2D eigenvalue weighted by Crippen LogP contribution is -2.09. The number of aryl methyl sites for hydroxylation is 1. The summed E-state index contributed by atoms with van der Waals surface area (Å²) in [6, 6.07) is 8.46. The third-order valence-corrected chi connectivity index (χ3v) is 4.27. The second-order valence-corrected chi connectivity index (χ2v) is 5.79. The second kappa shape index (κ2) is 6.83. The third-order valence-electron chi connectivity index (χ3n) is 3.09. The molecule has 1 aromatic carbocycles. The van der Waals surface area contributed by atoms with Crippen LogP contribution in [0.2, 0.25) is 0 Å². The summed E-state index contributed by atoms with van der Waals surface area (Å²) in [5.74, 6) is 0. The van der Waals surface area contributed by atoms with Crippen LogP contribution in [0.4, 0.5) is 10.8 Å². The molecule has 1 aromatic heterocycles. The van der Waals surface area contributed by atoms with Crippen molar-refractivity contribution in [2.45, 2.75) is 20.1 Å². The van der Waals surface area contributed by atoms with Crippen LogP contribution in [0.3, 0.4) is 0 Å². The van der Waals surface area contributed by atoms with E-state index in [0.717, 1.165) is 23.1 Å². The summed E-state index contributed by atoms with van der Waals surface area (Å²) in [7, 11) is 5.69. The number of ether oxygens (including phenoxy) is 1. The summed E-state index contributed by atoms with van der Waals surface area (Å²) in [6.07, 6.45) is 0. The average molecular weight is 291 g/mol. The van der Waals surface area contributed by atoms with E-state index in [9.17, 15) is 0 Å². The summed E-state index contributed by atoms with van der Waals surface area (Å²) < 4.78 is 5.23. The molecule has 0 saturated heterocycles. The van der Waals surface area contributed by atoms with Crippen molar-refractivity contribution in [2.75, 3.05) is 26.1 Å². The van der Waals surface area contributed by atoms with E-state index in [4.69, 9.17) is 9.72 Å². The van der Waals surface area contributed by atoms with Gasteiger partial charge in [-0.3, -0.25) is 0 Å². The highest BCUT2D eigenvalue weighted by molar-refractivity contribution is 7.15. The van der Waals surface area contributed by atoms with Crippen LogP contribution in [0, 0.1) is 6.92 Å². The third kappa shape index (κ3) is 3.36. The van der Waals surface area contributed by atoms with Crippen LogP contribution in [0.15, 0.2) is 24.3 Å². The van der Waals surface area contributed by atoms with Crippen LogP contribution in [0.25, 0.3) is 0 Å². The van der Waals surface area contributed by atoms with Gasteiger partial charge in [-0.05, 0) is 26.1 Å². The molecular formula is C15H21N3OS. The van der Waals surface area contributed by atoms with Crippen LogP contribution in [-0.2, 0) is 17.9 Å². The molecule has 0 fully saturated rings. The molecule has 2 aromatic rings. The molecule has 108 valence electrons. The van der Waals surface area contributed by atoms with Crippen LogP contribution in [-0.4, -0.2) is 26.2 Å². The van der Waals surface area contributed by atoms with Crippen molar-refractivity contribution in [3.63, 3.8) is 0 Å². The van der Waals surface area contributed by atoms with Crippen molar-refractivity contribution in [3.05, 3.63) is 40.4 Å². The Hall–Kier alpha value is -1.43. The van der Waals surface area contributed by atoms with E-state index < -0.39 is 0 Å². The molecule has 0 aliphatic heterocycles. The van der Waals surface area contributed by atoms with Crippen molar-refractivity contribution in [2.24, 2.45) is 0 Å². The first kappa shape index (κ1) is 15.0. The van der Waals surface area contributed by atoms with E-state index in [0.29, 0.717) is 6.61 Å². The Balaban J connectivity index is 2.27. The van der Waals surface area contributed by atoms with Crippen molar-refractivity contribution in [3.8, 4) is 0 Å². The molecule has 1 heterocycles. The molecular weight excluding hydrogens is 270 g/mol. The maximum atomic E-state index is 5.23. The summed E-state index contributed by atoms with van der Waals surface area (Å²) in [5.41, 5.74) is 3.42. The first-order chi connectivity index (χ1) is 9.65. The molecule has 0 bridgehead atoms. The smallest absolute Gasteiger partial charge is 0.190 e. The van der Waals surface area contributed by atoms with Gasteiger partial charge >= 0.3 is 0 Å². The maximum Gasteiger partial charge on any atom is 0.190 e. The first-order valence-electron chi connectivity index (χ1n) is 6.58. The zero-order chi connectivity index (χ0) is 14.5. The average Bonchev–Trinajstić information content (AvgIpc) is 2.83. The summed E-state index contributed by atoms with van der Waals surface area (Å²) in [5, 5.41) is 4.17. The molecule has 0 saturated carbocycles. The predicted molar refractivity (Wildman–Crippen MR) is 84.8 cm³/mol. The van der Waals surface area contributed by atoms with E-state index in [2.05, 4.69) is 41.4 Å². The van der Waals surface area contributed by atoms with Crippen LogP contribution in [0.1, 0.15) is 16.1 Å². The fourth-order valence-corrected chi connectivity index (χ4v) is 3.00. The number of methoxy groups -OCH3 is 1. The quantitative estimate of drug-likeness (QED) is 0.887. The molecule has 0 spiro atoms. The van der Waals surface area contributed by atoms with E-state index >= 15 is 0 Å². The Morgan fingerprint density at radius 2 is 2.00 bits per heavy atom. The molecule has 4 nitrogen and oxygen atoms in total. The van der Waals surface area contributed by atoms with Gasteiger partial charge in [-0.25, -0.2) is 4.98 Å². The molecule has 0 aliphatic carbocycles. The predicted octanol–water partition coefficient (Wildman–Crippen LogP) is 3.09. The number of nitrogens with zero attached hydrogens (tertiary/aromatic N) is 2. The van der Waals surface area contributed by atoms with Gasteiger partial charge in [0.05, 0.1) is 12.3 Å². The summed E-state index contributed by atoms with van der Waals surface area (Å²) >= 11 is 1.70.